The minimum atomic E-state index is -1.87. The average molecular weight is 1370 g/mol. The SMILES string of the molecule is CCCC(=O)CCCC(=O)CCCO[C@H]1O[C@H](CO[C@H]2O[C@H](CO)[C@@H](O)[C@H](O)[C@@H]2O)[C@@H](O)[C@H](O[C@H]2O[C@H](CO)[C@@H](O)[C@H](O)[C@@H]2O)[C@H]1O.CCCC(=O)CCCC(=O)CCCO[C@H]1O[C@H](CO[C@H]2O[C@H](CO)[C@@H](O)[C@H](O)[C@@H]2O)[C@@H](O)[C@H](O[C@H]2O[C@H](CO)[C@@H](O)[C@H](O)[C@@H]2O)[C@H]1O. The van der Waals surface area contributed by atoms with Gasteiger partial charge in [0.25, 0.3) is 0 Å². The monoisotopic (exact) mass is 1370 g/mol. The standard InChI is InChI=1S/2C29H50O18/c2*1-2-5-13(32)6-3-7-14(33)8-4-9-42-28-25(41)26(47-29-24(40)22(38)19(35)16(11-31)45-29)20(36)17(46-28)12-43-27-23(39)21(37)18(34)15(10-30)44-27/h2*15-31,34-41H,2-12H2,1H3/t2*15-,16-,17-,18-,19-,20-,21+,22+,23+,24+,25-,26+,27+,28+,29-/m11/s1. The van der Waals surface area contributed by atoms with Gasteiger partial charge in [0, 0.05) is 51.4 Å². The first-order valence-corrected chi connectivity index (χ1v) is 31.8. The van der Waals surface area contributed by atoms with Crippen molar-refractivity contribution in [3.63, 3.8) is 0 Å². The van der Waals surface area contributed by atoms with Crippen molar-refractivity contribution in [2.75, 3.05) is 52.9 Å². The molecule has 6 aliphatic rings. The summed E-state index contributed by atoms with van der Waals surface area (Å²) in [5, 5.41) is 204. The summed E-state index contributed by atoms with van der Waals surface area (Å²) in [7, 11) is 0. The summed E-state index contributed by atoms with van der Waals surface area (Å²) in [6, 6.07) is 0. The molecule has 6 heterocycles. The molecule has 20 N–H and O–H groups in total. The van der Waals surface area contributed by atoms with Crippen LogP contribution in [0.5, 0.6) is 0 Å². The van der Waals surface area contributed by atoms with Gasteiger partial charge < -0.3 is 159 Å². The van der Waals surface area contributed by atoms with Gasteiger partial charge in [0.05, 0.1) is 52.9 Å². The number of carbonyl (C=O) groups excluding carboxylic acids is 4. The van der Waals surface area contributed by atoms with Gasteiger partial charge in [-0.15, -0.1) is 0 Å². The topological polar surface area (TPSA) is 584 Å². The first kappa shape index (κ1) is 82.1. The molecule has 36 nitrogen and oxygen atoms in total. The molecular formula is C58H100O36. The summed E-state index contributed by atoms with van der Waals surface area (Å²) in [4.78, 5) is 47.8. The zero-order valence-electron chi connectivity index (χ0n) is 52.4. The maximum atomic E-state index is 12.3. The van der Waals surface area contributed by atoms with Crippen LogP contribution < -0.4 is 0 Å². The molecule has 0 unspecified atom stereocenters. The molecule has 94 heavy (non-hydrogen) atoms. The fourth-order valence-electron chi connectivity index (χ4n) is 11.1. The molecule has 0 radical (unpaired) electrons. The van der Waals surface area contributed by atoms with E-state index in [0.717, 1.165) is 12.8 Å². The van der Waals surface area contributed by atoms with E-state index < -0.39 is 224 Å². The van der Waals surface area contributed by atoms with Crippen LogP contribution in [0.2, 0.25) is 0 Å². The number of rotatable bonds is 36. The molecule has 548 valence electrons. The summed E-state index contributed by atoms with van der Waals surface area (Å²) in [5.74, 6) is 0.0146. The molecule has 0 aliphatic carbocycles. The zero-order chi connectivity index (χ0) is 69.7. The Morgan fingerprint density at radius 1 is 0.277 bits per heavy atom. The lowest BCUT2D eigenvalue weighted by atomic mass is 9.96. The Morgan fingerprint density at radius 3 is 0.809 bits per heavy atom. The molecule has 0 aromatic heterocycles. The largest absolute Gasteiger partial charge is 0.394 e. The van der Waals surface area contributed by atoms with Crippen molar-refractivity contribution in [3.05, 3.63) is 0 Å². The second-order valence-corrected chi connectivity index (χ2v) is 24.0. The third kappa shape index (κ3) is 22.7. The van der Waals surface area contributed by atoms with Crippen molar-refractivity contribution >= 4 is 23.1 Å². The van der Waals surface area contributed by atoms with Crippen LogP contribution in [0.1, 0.15) is 104 Å². The fraction of sp³-hybridized carbons (Fsp3) is 0.931. The molecule has 6 saturated heterocycles. The normalized spacial score (nSPS) is 41.1. The highest BCUT2D eigenvalue weighted by molar-refractivity contribution is 5.81. The molecule has 6 fully saturated rings. The van der Waals surface area contributed by atoms with Gasteiger partial charge in [-0.1, -0.05) is 13.8 Å². The molecule has 6 aliphatic heterocycles. The highest BCUT2D eigenvalue weighted by Gasteiger charge is 2.55. The van der Waals surface area contributed by atoms with Crippen LogP contribution in [0.25, 0.3) is 0 Å². The fourth-order valence-corrected chi connectivity index (χ4v) is 11.1. The van der Waals surface area contributed by atoms with Gasteiger partial charge in [-0.05, 0) is 38.5 Å². The molecule has 0 aromatic carbocycles. The molecule has 30 atom stereocenters. The van der Waals surface area contributed by atoms with E-state index in [1.807, 2.05) is 13.8 Å². The van der Waals surface area contributed by atoms with Crippen molar-refractivity contribution in [2.45, 2.75) is 288 Å². The van der Waals surface area contributed by atoms with E-state index in [0.29, 0.717) is 38.5 Å². The molecule has 36 heteroatoms. The van der Waals surface area contributed by atoms with Crippen LogP contribution in [0.4, 0.5) is 0 Å². The molecular weight excluding hydrogens is 1270 g/mol. The van der Waals surface area contributed by atoms with Crippen LogP contribution in [0.3, 0.4) is 0 Å². The Hall–Kier alpha value is -2.60. The average Bonchev–Trinajstić information content (AvgIpc) is 0.797. The number of Topliss-reactive ketones (excluding diaryl/α,β-unsaturated/α-hetero) is 4. The van der Waals surface area contributed by atoms with Crippen molar-refractivity contribution in [1.29, 1.82) is 0 Å². The van der Waals surface area contributed by atoms with Gasteiger partial charge in [-0.3, -0.25) is 19.2 Å². The molecule has 0 spiro atoms. The summed E-state index contributed by atoms with van der Waals surface area (Å²) < 4.78 is 66.3. The highest BCUT2D eigenvalue weighted by atomic mass is 16.8. The van der Waals surface area contributed by atoms with E-state index >= 15 is 0 Å². The Kier molecular flexibility index (Phi) is 35.4. The van der Waals surface area contributed by atoms with E-state index in [1.54, 1.807) is 0 Å². The Bertz CT molecular complexity index is 2050. The maximum Gasteiger partial charge on any atom is 0.187 e. The number of aliphatic hydroxyl groups excluding tert-OH is 20. The van der Waals surface area contributed by atoms with E-state index in [1.165, 1.54) is 0 Å². The lowest BCUT2D eigenvalue weighted by molar-refractivity contribution is -0.366. The molecule has 0 bridgehead atoms. The van der Waals surface area contributed by atoms with Crippen LogP contribution in [-0.2, 0) is 76.0 Å². The first-order chi connectivity index (χ1) is 44.7. The van der Waals surface area contributed by atoms with E-state index in [9.17, 15) is 121 Å². The van der Waals surface area contributed by atoms with Crippen LogP contribution in [0, 0.1) is 0 Å². The summed E-state index contributed by atoms with van der Waals surface area (Å²) in [6.07, 6.45) is -44.3. The van der Waals surface area contributed by atoms with Gasteiger partial charge >= 0.3 is 0 Å². The van der Waals surface area contributed by atoms with Crippen molar-refractivity contribution in [1.82, 2.24) is 0 Å². The number of ether oxygens (including phenoxy) is 12. The lowest BCUT2D eigenvalue weighted by Crippen LogP contribution is -2.65. The zero-order valence-corrected chi connectivity index (χ0v) is 52.4. The Labute approximate surface area is 540 Å². The Morgan fingerprint density at radius 2 is 0.521 bits per heavy atom. The van der Waals surface area contributed by atoms with Gasteiger partial charge in [0.15, 0.2) is 37.7 Å². The quantitative estimate of drug-likeness (QED) is 0.0259. The van der Waals surface area contributed by atoms with Gasteiger partial charge in [0.2, 0.25) is 0 Å². The van der Waals surface area contributed by atoms with E-state index in [4.69, 9.17) is 56.8 Å². The van der Waals surface area contributed by atoms with Crippen LogP contribution in [0.15, 0.2) is 0 Å². The number of hydrogen-bond acceptors (Lipinski definition) is 36. The minimum absolute atomic E-state index is 0.0898. The van der Waals surface area contributed by atoms with Crippen molar-refractivity contribution in [2.24, 2.45) is 0 Å². The number of aliphatic hydroxyl groups is 20. The van der Waals surface area contributed by atoms with Crippen LogP contribution in [-0.4, -0.2) is 362 Å². The smallest absolute Gasteiger partial charge is 0.187 e. The van der Waals surface area contributed by atoms with Gasteiger partial charge in [-0.2, -0.15) is 0 Å². The van der Waals surface area contributed by atoms with Crippen LogP contribution >= 0.6 is 0 Å². The number of hydrogen-bond donors (Lipinski definition) is 20. The van der Waals surface area contributed by atoms with Crippen molar-refractivity contribution < 1.29 is 178 Å². The maximum absolute atomic E-state index is 12.3. The molecule has 0 amide bonds. The summed E-state index contributed by atoms with van der Waals surface area (Å²) in [5.41, 5.74) is 0. The van der Waals surface area contributed by atoms with Gasteiger partial charge in [-0.25, -0.2) is 0 Å². The Balaban J connectivity index is 0.000000341. The third-order valence-corrected chi connectivity index (χ3v) is 16.8. The predicted molar refractivity (Wildman–Crippen MR) is 306 cm³/mol. The van der Waals surface area contributed by atoms with E-state index in [-0.39, 0.29) is 74.9 Å². The minimum Gasteiger partial charge on any atom is -0.394 e. The summed E-state index contributed by atoms with van der Waals surface area (Å²) in [6.45, 7) is -0.575. The van der Waals surface area contributed by atoms with E-state index in [2.05, 4.69) is 0 Å². The lowest BCUT2D eigenvalue weighted by Gasteiger charge is -2.46. The molecule has 0 saturated carbocycles. The second kappa shape index (κ2) is 40.6. The first-order valence-electron chi connectivity index (χ1n) is 31.8. The van der Waals surface area contributed by atoms with Gasteiger partial charge in [0.1, 0.15) is 170 Å². The number of ketones is 4. The molecule has 0 aromatic rings. The third-order valence-electron chi connectivity index (χ3n) is 16.8. The predicted octanol–water partition coefficient (Wildman–Crippen LogP) is -9.32. The number of carbonyl (C=O) groups is 4. The second-order valence-electron chi connectivity index (χ2n) is 24.0. The summed E-state index contributed by atoms with van der Waals surface area (Å²) >= 11 is 0. The highest BCUT2D eigenvalue weighted by Crippen LogP contribution is 2.34. The van der Waals surface area contributed by atoms with Crippen molar-refractivity contribution in [3.8, 4) is 0 Å². The molecule has 6 rings (SSSR count).